The molecule has 0 radical (unpaired) electrons. The van der Waals surface area contributed by atoms with Crippen LogP contribution in [-0.2, 0) is 0 Å². The fraction of sp³-hybridized carbons (Fsp3) is 0.412. The molecule has 0 aromatic carbocycles. The van der Waals surface area contributed by atoms with E-state index in [-0.39, 0.29) is 29.2 Å². The molecule has 0 aliphatic carbocycles. The lowest BCUT2D eigenvalue weighted by Crippen LogP contribution is -2.57. The first kappa shape index (κ1) is 14.4. The van der Waals surface area contributed by atoms with Crippen LogP contribution in [0.25, 0.3) is 11.5 Å². The normalized spacial score (nSPS) is 26.2. The summed E-state index contributed by atoms with van der Waals surface area (Å²) >= 11 is 0. The predicted octanol–water partition coefficient (Wildman–Crippen LogP) is 2.30. The van der Waals surface area contributed by atoms with Crippen molar-refractivity contribution in [2.75, 3.05) is 19.6 Å². The number of amides is 1. The van der Waals surface area contributed by atoms with Gasteiger partial charge in [-0.1, -0.05) is 0 Å². The van der Waals surface area contributed by atoms with Crippen LogP contribution in [0.15, 0.2) is 34.9 Å². The lowest BCUT2D eigenvalue weighted by Gasteiger charge is -2.44. The van der Waals surface area contributed by atoms with E-state index in [2.05, 4.69) is 15.2 Å². The van der Waals surface area contributed by atoms with Gasteiger partial charge in [0.15, 0.2) is 17.3 Å². The highest BCUT2D eigenvalue weighted by Crippen LogP contribution is 2.28. The van der Waals surface area contributed by atoms with E-state index >= 15 is 0 Å². The van der Waals surface area contributed by atoms with Gasteiger partial charge >= 0.3 is 0 Å². The first-order valence-corrected chi connectivity index (χ1v) is 7.94. The number of rotatable bonds is 3. The molecule has 3 saturated heterocycles. The van der Waals surface area contributed by atoms with Gasteiger partial charge in [-0.15, -0.1) is 0 Å². The Kier molecular flexibility index (Phi) is 3.61. The Morgan fingerprint density at radius 2 is 2.13 bits per heavy atom. The van der Waals surface area contributed by atoms with E-state index in [0.717, 1.165) is 32.5 Å². The molecule has 0 saturated carbocycles. The predicted molar refractivity (Wildman–Crippen MR) is 82.3 cm³/mol. The van der Waals surface area contributed by atoms with E-state index in [1.54, 1.807) is 12.1 Å². The monoisotopic (exact) mass is 315 g/mol. The summed E-state index contributed by atoms with van der Waals surface area (Å²) in [7, 11) is 0. The van der Waals surface area contributed by atoms with Crippen molar-refractivity contribution in [3.63, 3.8) is 0 Å². The largest absolute Gasteiger partial charge is 0.449 e. The van der Waals surface area contributed by atoms with Crippen LogP contribution in [0, 0.1) is 11.7 Å². The van der Waals surface area contributed by atoms with E-state index in [1.807, 2.05) is 0 Å². The second kappa shape index (κ2) is 5.77. The molecule has 2 bridgehead atoms. The molecule has 5 rings (SSSR count). The van der Waals surface area contributed by atoms with Crippen molar-refractivity contribution in [2.24, 2.45) is 5.92 Å². The third-order valence-corrected chi connectivity index (χ3v) is 4.79. The zero-order valence-electron chi connectivity index (χ0n) is 12.7. The fourth-order valence-electron chi connectivity index (χ4n) is 3.52. The van der Waals surface area contributed by atoms with Crippen molar-refractivity contribution in [2.45, 2.75) is 18.9 Å². The summed E-state index contributed by atoms with van der Waals surface area (Å²) in [4.78, 5) is 18.7. The SMILES string of the molecule is O=C(N[C@H]1CN2CCC1CC2)c1ccc(-c2ncccc2F)o1. The van der Waals surface area contributed by atoms with E-state index in [4.69, 9.17) is 4.42 Å². The van der Waals surface area contributed by atoms with Gasteiger partial charge in [-0.2, -0.15) is 0 Å². The van der Waals surface area contributed by atoms with Gasteiger partial charge < -0.3 is 14.6 Å². The average molecular weight is 315 g/mol. The Morgan fingerprint density at radius 1 is 1.30 bits per heavy atom. The lowest BCUT2D eigenvalue weighted by atomic mass is 9.84. The molecule has 120 valence electrons. The number of halogens is 1. The van der Waals surface area contributed by atoms with Gasteiger partial charge in [0.2, 0.25) is 0 Å². The van der Waals surface area contributed by atoms with E-state index < -0.39 is 5.82 Å². The summed E-state index contributed by atoms with van der Waals surface area (Å²) in [5.74, 6) is 0.299. The van der Waals surface area contributed by atoms with Crippen LogP contribution in [-0.4, -0.2) is 41.5 Å². The van der Waals surface area contributed by atoms with Crippen LogP contribution >= 0.6 is 0 Å². The fourth-order valence-corrected chi connectivity index (χ4v) is 3.52. The highest BCUT2D eigenvalue weighted by molar-refractivity contribution is 5.92. The van der Waals surface area contributed by atoms with Crippen molar-refractivity contribution in [3.8, 4) is 11.5 Å². The second-order valence-corrected chi connectivity index (χ2v) is 6.22. The number of carbonyl (C=O) groups is 1. The molecule has 3 aliphatic rings. The Labute approximate surface area is 133 Å². The molecule has 1 atom stereocenters. The standard InChI is InChI=1S/C17H18FN3O2/c18-12-2-1-7-19-16(12)14-3-4-15(23-14)17(22)20-13-10-21-8-5-11(13)6-9-21/h1-4,7,11,13H,5-6,8-10H2,(H,20,22)/t13-/m0/s1. The van der Waals surface area contributed by atoms with E-state index in [1.165, 1.54) is 18.3 Å². The zero-order chi connectivity index (χ0) is 15.8. The number of pyridine rings is 1. The highest BCUT2D eigenvalue weighted by atomic mass is 19.1. The second-order valence-electron chi connectivity index (χ2n) is 6.22. The van der Waals surface area contributed by atoms with Crippen molar-refractivity contribution in [1.29, 1.82) is 0 Å². The summed E-state index contributed by atoms with van der Waals surface area (Å²) < 4.78 is 19.2. The molecule has 6 heteroatoms. The lowest BCUT2D eigenvalue weighted by molar-refractivity contribution is 0.0606. The van der Waals surface area contributed by atoms with Crippen LogP contribution in [0.2, 0.25) is 0 Å². The van der Waals surface area contributed by atoms with Crippen LogP contribution in [0.4, 0.5) is 4.39 Å². The summed E-state index contributed by atoms with van der Waals surface area (Å²) in [5.41, 5.74) is 0.120. The van der Waals surface area contributed by atoms with Gasteiger partial charge in [-0.3, -0.25) is 4.79 Å². The Balaban J connectivity index is 1.48. The average Bonchev–Trinajstić information content (AvgIpc) is 3.06. The topological polar surface area (TPSA) is 58.4 Å². The Hall–Kier alpha value is -2.21. The van der Waals surface area contributed by atoms with Crippen LogP contribution in [0.5, 0.6) is 0 Å². The minimum absolute atomic E-state index is 0.120. The molecule has 1 N–H and O–H groups in total. The van der Waals surface area contributed by atoms with Crippen LogP contribution in [0.1, 0.15) is 23.4 Å². The van der Waals surface area contributed by atoms with Crippen molar-refractivity contribution in [1.82, 2.24) is 15.2 Å². The van der Waals surface area contributed by atoms with Gasteiger partial charge in [0.25, 0.3) is 5.91 Å². The Bertz CT molecular complexity index is 722. The summed E-state index contributed by atoms with van der Waals surface area (Å²) in [6.07, 6.45) is 3.76. The molecule has 2 aromatic rings. The molecule has 5 nitrogen and oxygen atoms in total. The molecule has 23 heavy (non-hydrogen) atoms. The third-order valence-electron chi connectivity index (χ3n) is 4.79. The number of hydrogen-bond acceptors (Lipinski definition) is 4. The minimum Gasteiger partial charge on any atom is -0.449 e. The quantitative estimate of drug-likeness (QED) is 0.944. The maximum atomic E-state index is 13.7. The number of piperidine rings is 3. The number of aromatic nitrogens is 1. The summed E-state index contributed by atoms with van der Waals surface area (Å²) in [5, 5.41) is 3.06. The van der Waals surface area contributed by atoms with Gasteiger partial charge in [0.05, 0.1) is 0 Å². The van der Waals surface area contributed by atoms with Gasteiger partial charge in [-0.05, 0) is 56.1 Å². The zero-order valence-corrected chi connectivity index (χ0v) is 12.7. The molecule has 0 unspecified atom stereocenters. The molecular weight excluding hydrogens is 297 g/mol. The number of furan rings is 1. The molecule has 1 amide bonds. The molecule has 3 fully saturated rings. The molecule has 0 spiro atoms. The Morgan fingerprint density at radius 3 is 2.83 bits per heavy atom. The number of nitrogens with zero attached hydrogens (tertiary/aromatic N) is 2. The number of nitrogens with one attached hydrogen (secondary N) is 1. The molecule has 3 aliphatic heterocycles. The third kappa shape index (κ3) is 2.74. The van der Waals surface area contributed by atoms with E-state index in [9.17, 15) is 9.18 Å². The number of hydrogen-bond donors (Lipinski definition) is 1. The molecule has 5 heterocycles. The highest BCUT2D eigenvalue weighted by Gasteiger charge is 2.35. The van der Waals surface area contributed by atoms with Crippen molar-refractivity contribution < 1.29 is 13.6 Å². The number of fused-ring (bicyclic) bond motifs is 3. The maximum Gasteiger partial charge on any atom is 0.287 e. The summed E-state index contributed by atoms with van der Waals surface area (Å²) in [6, 6.07) is 6.16. The first-order chi connectivity index (χ1) is 11.2. The minimum atomic E-state index is -0.466. The molecule has 2 aromatic heterocycles. The van der Waals surface area contributed by atoms with Crippen LogP contribution < -0.4 is 5.32 Å². The summed E-state index contributed by atoms with van der Waals surface area (Å²) in [6.45, 7) is 3.15. The van der Waals surface area contributed by atoms with E-state index in [0.29, 0.717) is 5.92 Å². The van der Waals surface area contributed by atoms with Crippen molar-refractivity contribution in [3.05, 3.63) is 42.0 Å². The molecular formula is C17H18FN3O2. The van der Waals surface area contributed by atoms with Crippen molar-refractivity contribution >= 4 is 5.91 Å². The number of carbonyl (C=O) groups excluding carboxylic acids is 1. The van der Waals surface area contributed by atoms with Gasteiger partial charge in [-0.25, -0.2) is 9.37 Å². The maximum absolute atomic E-state index is 13.7. The van der Waals surface area contributed by atoms with Crippen LogP contribution in [0.3, 0.4) is 0 Å². The van der Waals surface area contributed by atoms with Gasteiger partial charge in [0, 0.05) is 18.8 Å². The smallest absolute Gasteiger partial charge is 0.287 e. The van der Waals surface area contributed by atoms with Gasteiger partial charge in [0.1, 0.15) is 5.69 Å². The first-order valence-electron chi connectivity index (χ1n) is 7.94.